The lowest BCUT2D eigenvalue weighted by molar-refractivity contribution is 0.0702. The van der Waals surface area contributed by atoms with Crippen molar-refractivity contribution in [3.8, 4) is 11.3 Å². The van der Waals surface area contributed by atoms with E-state index in [0.29, 0.717) is 18.0 Å². The second-order valence-corrected chi connectivity index (χ2v) is 4.90. The summed E-state index contributed by atoms with van der Waals surface area (Å²) in [6.45, 7) is 0.448. The molecule has 2 rings (SSSR count). The molecule has 0 spiro atoms. The van der Waals surface area contributed by atoms with Crippen LogP contribution in [-0.2, 0) is 11.2 Å². The Hall–Kier alpha value is -1.79. The van der Waals surface area contributed by atoms with Gasteiger partial charge in [0.2, 0.25) is 0 Å². The van der Waals surface area contributed by atoms with Crippen LogP contribution in [0.15, 0.2) is 24.3 Å². The lowest BCUT2D eigenvalue weighted by Crippen LogP contribution is -1.97. The Morgan fingerprint density at radius 3 is 2.84 bits per heavy atom. The third-order valence-electron chi connectivity index (χ3n) is 2.51. The molecule has 0 aliphatic carbocycles. The molecule has 0 fully saturated rings. The number of hydrogen-bond acceptors (Lipinski definition) is 4. The van der Waals surface area contributed by atoms with Crippen molar-refractivity contribution in [3.05, 3.63) is 40.0 Å². The fourth-order valence-corrected chi connectivity index (χ4v) is 2.54. The molecule has 0 amide bonds. The molecular formula is C13H12FNO3S. The first-order valence-corrected chi connectivity index (χ1v) is 6.42. The molecule has 19 heavy (non-hydrogen) atoms. The van der Waals surface area contributed by atoms with Gasteiger partial charge in [-0.1, -0.05) is 12.1 Å². The predicted octanol–water partition coefficient (Wildman–Crippen LogP) is 2.84. The Bertz CT molecular complexity index is 597. The number of hydrogen-bond donors (Lipinski definition) is 1. The zero-order valence-electron chi connectivity index (χ0n) is 10.2. The number of carboxylic acid groups (broad SMARTS) is 1. The minimum atomic E-state index is -1.10. The van der Waals surface area contributed by atoms with Gasteiger partial charge in [-0.2, -0.15) is 0 Å². The molecule has 2 aromatic rings. The van der Waals surface area contributed by atoms with Gasteiger partial charge in [0, 0.05) is 19.1 Å². The van der Waals surface area contributed by atoms with Crippen LogP contribution in [-0.4, -0.2) is 29.8 Å². The Balaban J connectivity index is 2.46. The van der Waals surface area contributed by atoms with Gasteiger partial charge in [-0.25, -0.2) is 14.2 Å². The monoisotopic (exact) mass is 281 g/mol. The van der Waals surface area contributed by atoms with Gasteiger partial charge in [-0.15, -0.1) is 11.3 Å². The van der Waals surface area contributed by atoms with E-state index in [0.717, 1.165) is 11.3 Å². The summed E-state index contributed by atoms with van der Waals surface area (Å²) >= 11 is 1.05. The average Bonchev–Trinajstić information content (AvgIpc) is 2.81. The molecule has 0 radical (unpaired) electrons. The van der Waals surface area contributed by atoms with Crippen molar-refractivity contribution < 1.29 is 19.0 Å². The molecular weight excluding hydrogens is 269 g/mol. The number of carboxylic acids is 1. The van der Waals surface area contributed by atoms with Crippen LogP contribution in [0.3, 0.4) is 0 Å². The van der Waals surface area contributed by atoms with E-state index >= 15 is 0 Å². The molecule has 1 N–H and O–H groups in total. The van der Waals surface area contributed by atoms with Crippen molar-refractivity contribution >= 4 is 17.3 Å². The molecule has 0 unspecified atom stereocenters. The van der Waals surface area contributed by atoms with E-state index in [1.54, 1.807) is 19.2 Å². The van der Waals surface area contributed by atoms with Crippen molar-refractivity contribution in [3.63, 3.8) is 0 Å². The second-order valence-electron chi connectivity index (χ2n) is 3.81. The number of aromatic nitrogens is 1. The van der Waals surface area contributed by atoms with Gasteiger partial charge in [0.25, 0.3) is 0 Å². The van der Waals surface area contributed by atoms with Gasteiger partial charge in [0.1, 0.15) is 10.7 Å². The maximum atomic E-state index is 13.7. The highest BCUT2D eigenvalue weighted by Gasteiger charge is 2.20. The van der Waals surface area contributed by atoms with Crippen LogP contribution in [0, 0.1) is 5.82 Å². The van der Waals surface area contributed by atoms with E-state index < -0.39 is 11.8 Å². The van der Waals surface area contributed by atoms with Crippen LogP contribution in [0.25, 0.3) is 11.3 Å². The summed E-state index contributed by atoms with van der Waals surface area (Å²) in [7, 11) is 1.56. The van der Waals surface area contributed by atoms with Crippen molar-refractivity contribution in [2.24, 2.45) is 0 Å². The number of nitrogens with zero attached hydrogens (tertiary/aromatic N) is 1. The zero-order valence-corrected chi connectivity index (χ0v) is 11.0. The third-order valence-corrected chi connectivity index (χ3v) is 3.62. The topological polar surface area (TPSA) is 59.4 Å². The number of rotatable bonds is 5. The van der Waals surface area contributed by atoms with Crippen LogP contribution in [0.2, 0.25) is 0 Å². The minimum absolute atomic E-state index is 0.0520. The highest BCUT2D eigenvalue weighted by molar-refractivity contribution is 7.14. The number of halogens is 1. The Morgan fingerprint density at radius 2 is 2.21 bits per heavy atom. The van der Waals surface area contributed by atoms with Gasteiger partial charge in [0.05, 0.1) is 17.3 Å². The summed E-state index contributed by atoms with van der Waals surface area (Å²) < 4.78 is 18.7. The molecule has 1 heterocycles. The van der Waals surface area contributed by atoms with Gasteiger partial charge in [-0.3, -0.25) is 0 Å². The summed E-state index contributed by atoms with van der Waals surface area (Å²) in [6.07, 6.45) is 0.510. The second kappa shape index (κ2) is 5.90. The van der Waals surface area contributed by atoms with E-state index in [4.69, 9.17) is 4.74 Å². The number of thiazole rings is 1. The van der Waals surface area contributed by atoms with Gasteiger partial charge < -0.3 is 9.84 Å². The summed E-state index contributed by atoms with van der Waals surface area (Å²) in [5, 5.41) is 9.80. The van der Waals surface area contributed by atoms with Crippen LogP contribution in [0.1, 0.15) is 14.7 Å². The van der Waals surface area contributed by atoms with Crippen LogP contribution in [0.4, 0.5) is 4.39 Å². The van der Waals surface area contributed by atoms with Crippen molar-refractivity contribution in [1.29, 1.82) is 0 Å². The van der Waals surface area contributed by atoms with E-state index in [-0.39, 0.29) is 16.1 Å². The van der Waals surface area contributed by atoms with Crippen LogP contribution < -0.4 is 0 Å². The summed E-state index contributed by atoms with van der Waals surface area (Å²) in [6, 6.07) is 6.02. The fourth-order valence-electron chi connectivity index (χ4n) is 1.64. The summed E-state index contributed by atoms with van der Waals surface area (Å²) in [5.74, 6) is -1.58. The molecule has 0 atom stereocenters. The minimum Gasteiger partial charge on any atom is -0.477 e. The first kappa shape index (κ1) is 13.6. The Kier molecular flexibility index (Phi) is 4.24. The number of methoxy groups -OCH3 is 1. The molecule has 100 valence electrons. The van der Waals surface area contributed by atoms with Gasteiger partial charge in [0.15, 0.2) is 0 Å². The molecule has 0 bridgehead atoms. The standard InChI is InChI=1S/C13H12FNO3S/c1-18-7-6-10-15-11(12(19-10)13(16)17)8-4-2-3-5-9(8)14/h2-5H,6-7H2,1H3,(H,16,17). The fraction of sp³-hybridized carbons (Fsp3) is 0.231. The normalized spacial score (nSPS) is 10.6. The smallest absolute Gasteiger partial charge is 0.348 e. The third kappa shape index (κ3) is 2.97. The SMILES string of the molecule is COCCc1nc(-c2ccccc2F)c(C(=O)O)s1. The van der Waals surface area contributed by atoms with Crippen LogP contribution in [0.5, 0.6) is 0 Å². The summed E-state index contributed by atoms with van der Waals surface area (Å²) in [4.78, 5) is 15.5. The number of carbonyl (C=O) groups is 1. The van der Waals surface area contributed by atoms with E-state index in [9.17, 15) is 14.3 Å². The molecule has 0 aliphatic heterocycles. The largest absolute Gasteiger partial charge is 0.477 e. The average molecular weight is 281 g/mol. The molecule has 1 aromatic heterocycles. The van der Waals surface area contributed by atoms with E-state index in [2.05, 4.69) is 4.98 Å². The zero-order chi connectivity index (χ0) is 13.8. The predicted molar refractivity (Wildman–Crippen MR) is 70.0 cm³/mol. The van der Waals surface area contributed by atoms with Crippen molar-refractivity contribution in [2.75, 3.05) is 13.7 Å². The quantitative estimate of drug-likeness (QED) is 0.915. The Morgan fingerprint density at radius 1 is 1.47 bits per heavy atom. The molecule has 0 aliphatic rings. The maximum Gasteiger partial charge on any atom is 0.348 e. The van der Waals surface area contributed by atoms with Crippen molar-refractivity contribution in [1.82, 2.24) is 4.98 Å². The summed E-state index contributed by atoms with van der Waals surface area (Å²) in [5.41, 5.74) is 0.390. The first-order chi connectivity index (χ1) is 9.13. The molecule has 4 nitrogen and oxygen atoms in total. The Labute approximate surface area is 113 Å². The van der Waals surface area contributed by atoms with Crippen molar-refractivity contribution in [2.45, 2.75) is 6.42 Å². The highest BCUT2D eigenvalue weighted by Crippen LogP contribution is 2.30. The molecule has 6 heteroatoms. The maximum absolute atomic E-state index is 13.7. The lowest BCUT2D eigenvalue weighted by Gasteiger charge is -2.00. The van der Waals surface area contributed by atoms with E-state index in [1.165, 1.54) is 12.1 Å². The first-order valence-electron chi connectivity index (χ1n) is 5.60. The molecule has 1 aromatic carbocycles. The number of ether oxygens (including phenoxy) is 1. The van der Waals surface area contributed by atoms with Crippen LogP contribution >= 0.6 is 11.3 Å². The number of aromatic carboxylic acids is 1. The lowest BCUT2D eigenvalue weighted by atomic mass is 10.1. The highest BCUT2D eigenvalue weighted by atomic mass is 32.1. The number of benzene rings is 1. The van der Waals surface area contributed by atoms with Gasteiger partial charge >= 0.3 is 5.97 Å². The molecule has 0 saturated heterocycles. The van der Waals surface area contributed by atoms with E-state index in [1.807, 2.05) is 0 Å². The molecule has 0 saturated carbocycles. The van der Waals surface area contributed by atoms with Gasteiger partial charge in [-0.05, 0) is 12.1 Å².